The van der Waals surface area contributed by atoms with Gasteiger partial charge >= 0.3 is 5.97 Å². The van der Waals surface area contributed by atoms with E-state index in [2.05, 4.69) is 0 Å². The molecular weight excluding hydrogens is 248 g/mol. The number of benzene rings is 1. The van der Waals surface area contributed by atoms with Crippen LogP contribution in [0.1, 0.15) is 19.8 Å². The van der Waals surface area contributed by atoms with E-state index in [0.29, 0.717) is 22.8 Å². The molecule has 0 fully saturated rings. The SMILES string of the molecule is CCCC(C(=O)O)S(=O)c1ccccc1Cl. The second-order valence-electron chi connectivity index (χ2n) is 3.34. The Balaban J connectivity index is 2.99. The Hall–Kier alpha value is -0.870. The van der Waals surface area contributed by atoms with Gasteiger partial charge in [-0.3, -0.25) is 9.00 Å². The average Bonchev–Trinajstić information content (AvgIpc) is 2.25. The minimum atomic E-state index is -1.59. The van der Waals surface area contributed by atoms with Gasteiger partial charge in [0, 0.05) is 0 Å². The van der Waals surface area contributed by atoms with Crippen LogP contribution < -0.4 is 0 Å². The fourth-order valence-corrected chi connectivity index (χ4v) is 3.12. The first kappa shape index (κ1) is 13.2. The summed E-state index contributed by atoms with van der Waals surface area (Å²) >= 11 is 5.88. The molecule has 0 amide bonds. The highest BCUT2D eigenvalue weighted by Crippen LogP contribution is 2.23. The van der Waals surface area contributed by atoms with Crippen LogP contribution in [0.3, 0.4) is 0 Å². The molecule has 0 aliphatic heterocycles. The molecule has 0 bridgehead atoms. The van der Waals surface area contributed by atoms with Crippen molar-refractivity contribution in [3.63, 3.8) is 0 Å². The van der Waals surface area contributed by atoms with E-state index in [0.717, 1.165) is 0 Å². The maximum Gasteiger partial charge on any atom is 0.319 e. The summed E-state index contributed by atoms with van der Waals surface area (Å²) in [6.07, 6.45) is 1.06. The number of hydrogen-bond donors (Lipinski definition) is 1. The molecule has 5 heteroatoms. The predicted molar refractivity (Wildman–Crippen MR) is 64.2 cm³/mol. The summed E-state index contributed by atoms with van der Waals surface area (Å²) in [5, 5.41) is 8.46. The van der Waals surface area contributed by atoms with Crippen LogP contribution in [-0.4, -0.2) is 20.5 Å². The zero-order valence-electron chi connectivity index (χ0n) is 8.85. The van der Waals surface area contributed by atoms with Gasteiger partial charge in [0.05, 0.1) is 20.7 Å². The number of carbonyl (C=O) groups is 1. The molecule has 1 N–H and O–H groups in total. The Bertz CT molecular complexity index is 406. The first-order valence-corrected chi connectivity index (χ1v) is 6.55. The fourth-order valence-electron chi connectivity index (χ4n) is 1.35. The van der Waals surface area contributed by atoms with Crippen LogP contribution in [0, 0.1) is 0 Å². The van der Waals surface area contributed by atoms with Crippen molar-refractivity contribution in [1.29, 1.82) is 0 Å². The highest BCUT2D eigenvalue weighted by Gasteiger charge is 2.26. The van der Waals surface area contributed by atoms with E-state index < -0.39 is 22.0 Å². The second-order valence-corrected chi connectivity index (χ2v) is 5.35. The van der Waals surface area contributed by atoms with Gasteiger partial charge in [-0.2, -0.15) is 0 Å². The molecule has 1 aromatic rings. The number of halogens is 1. The Morgan fingerprint density at radius 1 is 1.50 bits per heavy atom. The van der Waals surface area contributed by atoms with Gasteiger partial charge in [-0.1, -0.05) is 37.1 Å². The van der Waals surface area contributed by atoms with E-state index in [9.17, 15) is 9.00 Å². The molecule has 3 nitrogen and oxygen atoms in total. The monoisotopic (exact) mass is 260 g/mol. The summed E-state index contributed by atoms with van der Waals surface area (Å²) in [5.41, 5.74) is 0. The summed E-state index contributed by atoms with van der Waals surface area (Å²) in [4.78, 5) is 11.4. The van der Waals surface area contributed by atoms with E-state index in [-0.39, 0.29) is 0 Å². The summed E-state index contributed by atoms with van der Waals surface area (Å²) in [6, 6.07) is 6.63. The van der Waals surface area contributed by atoms with Crippen molar-refractivity contribution in [2.45, 2.75) is 29.9 Å². The van der Waals surface area contributed by atoms with Gasteiger partial charge in [-0.25, -0.2) is 0 Å². The number of carboxylic acid groups (broad SMARTS) is 1. The zero-order valence-corrected chi connectivity index (χ0v) is 10.4. The van der Waals surface area contributed by atoms with Gasteiger partial charge in [-0.05, 0) is 18.6 Å². The van der Waals surface area contributed by atoms with Gasteiger partial charge in [0.2, 0.25) is 0 Å². The topological polar surface area (TPSA) is 54.4 Å². The maximum atomic E-state index is 12.0. The number of hydrogen-bond acceptors (Lipinski definition) is 2. The normalized spacial score (nSPS) is 14.4. The van der Waals surface area contributed by atoms with Crippen molar-refractivity contribution in [3.8, 4) is 0 Å². The molecule has 16 heavy (non-hydrogen) atoms. The largest absolute Gasteiger partial charge is 0.480 e. The first-order chi connectivity index (χ1) is 7.57. The van der Waals surface area contributed by atoms with Gasteiger partial charge in [0.1, 0.15) is 5.25 Å². The quantitative estimate of drug-likeness (QED) is 0.886. The van der Waals surface area contributed by atoms with Crippen LogP contribution in [0.2, 0.25) is 5.02 Å². The van der Waals surface area contributed by atoms with Crippen molar-refractivity contribution < 1.29 is 14.1 Å². The Morgan fingerprint density at radius 2 is 2.12 bits per heavy atom. The fraction of sp³-hybridized carbons (Fsp3) is 0.364. The lowest BCUT2D eigenvalue weighted by atomic mass is 10.2. The minimum Gasteiger partial charge on any atom is -0.480 e. The molecule has 0 heterocycles. The summed E-state index contributed by atoms with van der Waals surface area (Å²) < 4.78 is 12.0. The third kappa shape index (κ3) is 3.06. The molecule has 0 spiro atoms. The lowest BCUT2D eigenvalue weighted by Crippen LogP contribution is -2.25. The van der Waals surface area contributed by atoms with Gasteiger partial charge in [0.25, 0.3) is 0 Å². The second kappa shape index (κ2) is 6.01. The van der Waals surface area contributed by atoms with Crippen LogP contribution in [0.5, 0.6) is 0 Å². The summed E-state index contributed by atoms with van der Waals surface area (Å²) in [5.74, 6) is -1.04. The molecule has 0 saturated carbocycles. The van der Waals surface area contributed by atoms with Crippen molar-refractivity contribution in [3.05, 3.63) is 29.3 Å². The van der Waals surface area contributed by atoms with E-state index >= 15 is 0 Å². The molecular formula is C11H13ClO3S. The summed E-state index contributed by atoms with van der Waals surface area (Å²) in [6.45, 7) is 1.86. The Labute approximate surface area is 102 Å². The lowest BCUT2D eigenvalue weighted by molar-refractivity contribution is -0.136. The number of rotatable bonds is 5. The van der Waals surface area contributed by atoms with E-state index in [4.69, 9.17) is 16.7 Å². The smallest absolute Gasteiger partial charge is 0.319 e. The van der Waals surface area contributed by atoms with Crippen molar-refractivity contribution in [1.82, 2.24) is 0 Å². The average molecular weight is 261 g/mol. The van der Waals surface area contributed by atoms with Crippen molar-refractivity contribution >= 4 is 28.4 Å². The zero-order chi connectivity index (χ0) is 12.1. The van der Waals surface area contributed by atoms with Gasteiger partial charge in [-0.15, -0.1) is 0 Å². The number of carboxylic acids is 1. The van der Waals surface area contributed by atoms with Crippen molar-refractivity contribution in [2.75, 3.05) is 0 Å². The molecule has 2 unspecified atom stereocenters. The molecule has 0 aliphatic carbocycles. The standard InChI is InChI=1S/C11H13ClO3S/c1-2-5-10(11(13)14)16(15)9-7-4-3-6-8(9)12/h3-4,6-7,10H,2,5H2,1H3,(H,13,14). The first-order valence-electron chi connectivity index (χ1n) is 4.95. The third-order valence-corrected chi connectivity index (χ3v) is 4.32. The van der Waals surface area contributed by atoms with E-state index in [1.165, 1.54) is 0 Å². The molecule has 1 rings (SSSR count). The molecule has 0 saturated heterocycles. The summed E-state index contributed by atoms with van der Waals surface area (Å²) in [7, 11) is -1.59. The maximum absolute atomic E-state index is 12.0. The van der Waals surface area contributed by atoms with Crippen LogP contribution in [0.15, 0.2) is 29.2 Å². The van der Waals surface area contributed by atoms with Gasteiger partial charge < -0.3 is 5.11 Å². The predicted octanol–water partition coefficient (Wildman–Crippen LogP) is 2.70. The minimum absolute atomic E-state index is 0.350. The molecule has 0 radical (unpaired) electrons. The highest BCUT2D eigenvalue weighted by molar-refractivity contribution is 7.86. The number of aliphatic carboxylic acids is 1. The highest BCUT2D eigenvalue weighted by atomic mass is 35.5. The molecule has 0 aliphatic rings. The lowest BCUT2D eigenvalue weighted by Gasteiger charge is -2.11. The van der Waals surface area contributed by atoms with Crippen LogP contribution in [0.25, 0.3) is 0 Å². The van der Waals surface area contributed by atoms with Crippen molar-refractivity contribution in [2.24, 2.45) is 0 Å². The third-order valence-electron chi connectivity index (χ3n) is 2.14. The molecule has 1 aromatic carbocycles. The van der Waals surface area contributed by atoms with Crippen LogP contribution in [0.4, 0.5) is 0 Å². The Kier molecular flexibility index (Phi) is 4.96. The van der Waals surface area contributed by atoms with E-state index in [1.807, 2.05) is 6.92 Å². The van der Waals surface area contributed by atoms with Gasteiger partial charge in [0.15, 0.2) is 0 Å². The van der Waals surface area contributed by atoms with E-state index in [1.54, 1.807) is 24.3 Å². The molecule has 2 atom stereocenters. The van der Waals surface area contributed by atoms with Crippen LogP contribution in [-0.2, 0) is 15.6 Å². The Morgan fingerprint density at radius 3 is 2.62 bits per heavy atom. The molecule has 0 aromatic heterocycles. The van der Waals surface area contributed by atoms with Crippen LogP contribution >= 0.6 is 11.6 Å². The molecule has 88 valence electrons.